The summed E-state index contributed by atoms with van der Waals surface area (Å²) in [6, 6.07) is 3.15. The first-order chi connectivity index (χ1) is 14.9. The van der Waals surface area contributed by atoms with Crippen molar-refractivity contribution < 1.29 is 39.3 Å². The fourth-order valence-electron chi connectivity index (χ4n) is 2.64. The van der Waals surface area contributed by atoms with Gasteiger partial charge in [-0.15, -0.1) is 0 Å². The van der Waals surface area contributed by atoms with Crippen LogP contribution in [0.4, 0.5) is 0 Å². The molecule has 0 aliphatic heterocycles. The maximum atomic E-state index is 12.8. The van der Waals surface area contributed by atoms with Gasteiger partial charge < -0.3 is 37.0 Å². The molecule has 12 nitrogen and oxygen atoms in total. The molecule has 0 radical (unpaired) electrons. The van der Waals surface area contributed by atoms with E-state index < -0.39 is 66.4 Å². The molecule has 0 fully saturated rings. The van der Waals surface area contributed by atoms with Gasteiger partial charge in [-0.3, -0.25) is 24.0 Å². The molecule has 0 saturated heterocycles. The number of carbonyl (C=O) groups excluding carboxylic acids is 3. The van der Waals surface area contributed by atoms with Gasteiger partial charge >= 0.3 is 11.9 Å². The SMILES string of the molecule is CC(NC(=O)C(Cc1ccccc1)NC(=O)C(NC(=O)C(N)CC(=O)O)C(C)O)C(=O)O. The van der Waals surface area contributed by atoms with Crippen molar-refractivity contribution in [2.75, 3.05) is 0 Å². The van der Waals surface area contributed by atoms with Crippen LogP contribution < -0.4 is 21.7 Å². The third-order valence-corrected chi connectivity index (χ3v) is 4.44. The van der Waals surface area contributed by atoms with Crippen molar-refractivity contribution in [1.29, 1.82) is 0 Å². The number of carboxylic acid groups (broad SMARTS) is 2. The van der Waals surface area contributed by atoms with Crippen LogP contribution in [0, 0.1) is 0 Å². The minimum absolute atomic E-state index is 0.00373. The molecule has 1 aromatic carbocycles. The molecule has 0 bridgehead atoms. The standard InChI is InChI=1S/C20H28N4O8/c1-10(20(31)32)22-18(29)14(8-12-6-4-3-5-7-12)23-19(30)16(11(2)25)24-17(28)13(21)9-15(26)27/h3-7,10-11,13-14,16,25H,8-9,21H2,1-2H3,(H,22,29)(H,23,30)(H,24,28)(H,26,27)(H,31,32). The molecule has 0 spiro atoms. The zero-order chi connectivity index (χ0) is 24.4. The fourth-order valence-corrected chi connectivity index (χ4v) is 2.64. The summed E-state index contributed by atoms with van der Waals surface area (Å²) in [5, 5.41) is 34.5. The summed E-state index contributed by atoms with van der Waals surface area (Å²) >= 11 is 0. The van der Waals surface area contributed by atoms with Gasteiger partial charge in [-0.1, -0.05) is 30.3 Å². The molecule has 0 aliphatic carbocycles. The Balaban J connectivity index is 3.01. The number of amides is 3. The lowest BCUT2D eigenvalue weighted by Gasteiger charge is -2.26. The number of nitrogens with two attached hydrogens (primary N) is 1. The molecule has 3 amide bonds. The maximum absolute atomic E-state index is 12.8. The minimum atomic E-state index is -1.54. The van der Waals surface area contributed by atoms with E-state index >= 15 is 0 Å². The second-order valence-electron chi connectivity index (χ2n) is 7.25. The van der Waals surface area contributed by atoms with Gasteiger partial charge in [0.2, 0.25) is 17.7 Å². The van der Waals surface area contributed by atoms with Crippen LogP contribution >= 0.6 is 0 Å². The maximum Gasteiger partial charge on any atom is 0.325 e. The van der Waals surface area contributed by atoms with E-state index in [-0.39, 0.29) is 6.42 Å². The number of hydrogen-bond acceptors (Lipinski definition) is 7. The van der Waals surface area contributed by atoms with E-state index in [1.54, 1.807) is 30.3 Å². The summed E-state index contributed by atoms with van der Waals surface area (Å²) in [5.41, 5.74) is 6.14. The predicted molar refractivity (Wildman–Crippen MR) is 111 cm³/mol. The zero-order valence-electron chi connectivity index (χ0n) is 17.6. The number of nitrogens with one attached hydrogen (secondary N) is 3. The third kappa shape index (κ3) is 8.70. The third-order valence-electron chi connectivity index (χ3n) is 4.44. The van der Waals surface area contributed by atoms with Gasteiger partial charge in [0.05, 0.1) is 18.6 Å². The Kier molecular flexibility index (Phi) is 10.3. The van der Waals surface area contributed by atoms with Gasteiger partial charge in [0.15, 0.2) is 0 Å². The Bertz CT molecular complexity index is 830. The Morgan fingerprint density at radius 3 is 2.00 bits per heavy atom. The number of aliphatic hydroxyl groups is 1. The number of hydrogen-bond donors (Lipinski definition) is 7. The van der Waals surface area contributed by atoms with Crippen molar-refractivity contribution in [3.63, 3.8) is 0 Å². The van der Waals surface area contributed by atoms with Gasteiger partial charge in [-0.2, -0.15) is 0 Å². The van der Waals surface area contributed by atoms with Crippen molar-refractivity contribution in [3.05, 3.63) is 35.9 Å². The second kappa shape index (κ2) is 12.4. The average molecular weight is 452 g/mol. The molecule has 1 aromatic rings. The molecule has 8 N–H and O–H groups in total. The summed E-state index contributed by atoms with van der Waals surface area (Å²) in [4.78, 5) is 59.2. The smallest absolute Gasteiger partial charge is 0.325 e. The summed E-state index contributed by atoms with van der Waals surface area (Å²) in [5.74, 6) is -5.29. The van der Waals surface area contributed by atoms with Crippen LogP contribution in [-0.2, 0) is 30.4 Å². The topological polar surface area (TPSA) is 208 Å². The van der Waals surface area contributed by atoms with Gasteiger partial charge in [-0.05, 0) is 19.4 Å². The number of aliphatic hydroxyl groups excluding tert-OH is 1. The van der Waals surface area contributed by atoms with Gasteiger partial charge in [0, 0.05) is 6.42 Å². The summed E-state index contributed by atoms with van der Waals surface area (Å²) in [6.45, 7) is 2.47. The van der Waals surface area contributed by atoms with Crippen molar-refractivity contribution in [3.8, 4) is 0 Å². The Morgan fingerprint density at radius 1 is 0.906 bits per heavy atom. The van der Waals surface area contributed by atoms with Gasteiger partial charge in [0.1, 0.15) is 18.1 Å². The first kappa shape index (κ1) is 26.5. The van der Waals surface area contributed by atoms with Crippen LogP contribution in [0.3, 0.4) is 0 Å². The van der Waals surface area contributed by atoms with Crippen molar-refractivity contribution >= 4 is 29.7 Å². The van der Waals surface area contributed by atoms with Crippen LogP contribution in [0.15, 0.2) is 30.3 Å². The highest BCUT2D eigenvalue weighted by molar-refractivity contribution is 5.95. The van der Waals surface area contributed by atoms with Crippen LogP contribution in [0.2, 0.25) is 0 Å². The molecular weight excluding hydrogens is 424 g/mol. The molecule has 12 heteroatoms. The molecule has 0 aromatic heterocycles. The Hall–Kier alpha value is -3.51. The second-order valence-corrected chi connectivity index (χ2v) is 7.25. The highest BCUT2D eigenvalue weighted by Crippen LogP contribution is 2.06. The molecular formula is C20H28N4O8. The molecule has 5 atom stereocenters. The number of rotatable bonds is 12. The Morgan fingerprint density at radius 2 is 1.50 bits per heavy atom. The van der Waals surface area contributed by atoms with Crippen molar-refractivity contribution in [2.45, 2.75) is 57.0 Å². The lowest BCUT2D eigenvalue weighted by molar-refractivity contribution is -0.142. The predicted octanol–water partition coefficient (Wildman–Crippen LogP) is -2.03. The van der Waals surface area contributed by atoms with Crippen LogP contribution in [0.1, 0.15) is 25.8 Å². The summed E-state index contributed by atoms with van der Waals surface area (Å²) < 4.78 is 0. The quantitative estimate of drug-likeness (QED) is 0.186. The average Bonchev–Trinajstić information content (AvgIpc) is 2.70. The number of benzene rings is 1. The van der Waals surface area contributed by atoms with E-state index in [0.717, 1.165) is 0 Å². The molecule has 5 unspecified atom stereocenters. The molecule has 32 heavy (non-hydrogen) atoms. The van der Waals surface area contributed by atoms with E-state index in [2.05, 4.69) is 16.0 Å². The number of aliphatic carboxylic acids is 2. The minimum Gasteiger partial charge on any atom is -0.481 e. The molecule has 176 valence electrons. The summed E-state index contributed by atoms with van der Waals surface area (Å²) in [6.07, 6.45) is -2.09. The normalized spacial score (nSPS) is 15.4. The first-order valence-electron chi connectivity index (χ1n) is 9.75. The highest BCUT2D eigenvalue weighted by Gasteiger charge is 2.32. The van der Waals surface area contributed by atoms with Crippen molar-refractivity contribution in [1.82, 2.24) is 16.0 Å². The summed E-state index contributed by atoms with van der Waals surface area (Å²) in [7, 11) is 0. The van der Waals surface area contributed by atoms with Crippen molar-refractivity contribution in [2.24, 2.45) is 5.73 Å². The van der Waals surface area contributed by atoms with E-state index in [4.69, 9.17) is 15.9 Å². The van der Waals surface area contributed by atoms with E-state index in [9.17, 15) is 29.1 Å². The van der Waals surface area contributed by atoms with Gasteiger partial charge in [-0.25, -0.2) is 0 Å². The van der Waals surface area contributed by atoms with Gasteiger partial charge in [0.25, 0.3) is 0 Å². The largest absolute Gasteiger partial charge is 0.481 e. The number of carbonyl (C=O) groups is 5. The molecule has 0 aliphatic rings. The van der Waals surface area contributed by atoms with E-state index in [1.165, 1.54) is 13.8 Å². The molecule has 0 saturated carbocycles. The lowest BCUT2D eigenvalue weighted by Crippen LogP contribution is -2.60. The van der Waals surface area contributed by atoms with E-state index in [0.29, 0.717) is 5.56 Å². The fraction of sp³-hybridized carbons (Fsp3) is 0.450. The lowest BCUT2D eigenvalue weighted by atomic mass is 10.0. The number of carboxylic acids is 2. The van der Waals surface area contributed by atoms with Crippen LogP contribution in [0.5, 0.6) is 0 Å². The van der Waals surface area contributed by atoms with Crippen LogP contribution in [0.25, 0.3) is 0 Å². The molecule has 0 heterocycles. The monoisotopic (exact) mass is 452 g/mol. The highest BCUT2D eigenvalue weighted by atomic mass is 16.4. The Labute approximate surface area is 184 Å². The van der Waals surface area contributed by atoms with Crippen LogP contribution in [-0.4, -0.2) is 75.3 Å². The van der Waals surface area contributed by atoms with E-state index in [1.807, 2.05) is 0 Å². The zero-order valence-corrected chi connectivity index (χ0v) is 17.6. The molecule has 1 rings (SSSR count). The first-order valence-corrected chi connectivity index (χ1v) is 9.75.